The van der Waals surface area contributed by atoms with E-state index < -0.39 is 24.1 Å². The number of carboxylic acids is 1. The molecule has 0 unspecified atom stereocenters. The number of aldehydes is 1. The Hall–Kier alpha value is -2.35. The molecule has 1 amide bonds. The van der Waals surface area contributed by atoms with Gasteiger partial charge in [-0.2, -0.15) is 11.8 Å². The lowest BCUT2D eigenvalue weighted by Gasteiger charge is -2.12. The average molecular weight is 311 g/mol. The van der Waals surface area contributed by atoms with Crippen molar-refractivity contribution in [2.24, 2.45) is 0 Å². The van der Waals surface area contributed by atoms with Crippen molar-refractivity contribution in [1.82, 2.24) is 5.32 Å². The molecule has 2 N–H and O–H groups in total. The van der Waals surface area contributed by atoms with Crippen LogP contribution in [0.2, 0.25) is 0 Å². The third kappa shape index (κ3) is 6.09. The molecule has 0 aliphatic rings. The van der Waals surface area contributed by atoms with Gasteiger partial charge in [-0.1, -0.05) is 18.2 Å². The quantitative estimate of drug-likeness (QED) is 0.334. The van der Waals surface area contributed by atoms with Gasteiger partial charge < -0.3 is 20.0 Å². The van der Waals surface area contributed by atoms with Crippen LogP contribution in [0, 0.1) is 0 Å². The minimum Gasteiger partial charge on any atom is -0.480 e. The van der Waals surface area contributed by atoms with Crippen LogP contribution in [-0.4, -0.2) is 47.0 Å². The maximum Gasteiger partial charge on any atom is 0.415 e. The summed E-state index contributed by atoms with van der Waals surface area (Å²) in [5.41, 5.74) is 0.176. The Labute approximate surface area is 124 Å². The van der Waals surface area contributed by atoms with E-state index in [-0.39, 0.29) is 17.1 Å². The first-order chi connectivity index (χ1) is 10.0. The predicted molar refractivity (Wildman–Crippen MR) is 75.2 cm³/mol. The van der Waals surface area contributed by atoms with Crippen LogP contribution in [0.4, 0.5) is 4.79 Å². The molecule has 1 atom stereocenters. The minimum absolute atomic E-state index is 0.0112. The van der Waals surface area contributed by atoms with Gasteiger partial charge in [0.2, 0.25) is 0 Å². The monoisotopic (exact) mass is 311 g/mol. The van der Waals surface area contributed by atoms with Gasteiger partial charge in [-0.15, -0.1) is 0 Å². The molecule has 1 aromatic carbocycles. The van der Waals surface area contributed by atoms with Crippen LogP contribution in [0.3, 0.4) is 0 Å². The van der Waals surface area contributed by atoms with Gasteiger partial charge in [-0.05, 0) is 12.1 Å². The predicted octanol–water partition coefficient (Wildman–Crippen LogP) is 0.938. The van der Waals surface area contributed by atoms with Crippen molar-refractivity contribution < 1.29 is 29.0 Å². The molecule has 0 saturated carbocycles. The fourth-order valence-electron chi connectivity index (χ4n) is 1.30. The number of carboxylic acid groups (broad SMARTS) is 1. The molecule has 112 valence electrons. The molecule has 0 aromatic heterocycles. The van der Waals surface area contributed by atoms with Crippen LogP contribution in [-0.2, 0) is 14.3 Å². The molecule has 0 heterocycles. The first-order valence-corrected chi connectivity index (χ1v) is 7.02. The molecule has 0 radical (unpaired) electrons. The number of alkyl carbamates (subject to hydrolysis) is 1. The summed E-state index contributed by atoms with van der Waals surface area (Å²) in [6.07, 6.45) is -0.524. The Balaban J connectivity index is 2.52. The van der Waals surface area contributed by atoms with Gasteiger partial charge >= 0.3 is 18.0 Å². The third-order valence-electron chi connectivity index (χ3n) is 2.26. The van der Waals surface area contributed by atoms with Crippen molar-refractivity contribution in [3.63, 3.8) is 0 Å². The van der Waals surface area contributed by atoms with E-state index in [1.807, 2.05) is 0 Å². The number of rotatable bonds is 7. The summed E-state index contributed by atoms with van der Waals surface area (Å²) < 4.78 is 4.49. The first kappa shape index (κ1) is 16.7. The highest BCUT2D eigenvalue weighted by Crippen LogP contribution is 2.04. The van der Waals surface area contributed by atoms with E-state index in [4.69, 9.17) is 5.11 Å². The summed E-state index contributed by atoms with van der Waals surface area (Å²) in [7, 11) is 0. The molecule has 0 aliphatic carbocycles. The van der Waals surface area contributed by atoms with Crippen LogP contribution in [0.5, 0.6) is 0 Å². The van der Waals surface area contributed by atoms with Crippen LogP contribution < -0.4 is 5.32 Å². The largest absolute Gasteiger partial charge is 0.480 e. The summed E-state index contributed by atoms with van der Waals surface area (Å²) in [5, 5.41) is 11.0. The maximum atomic E-state index is 11.6. The summed E-state index contributed by atoms with van der Waals surface area (Å²) in [4.78, 5) is 44.1. The van der Waals surface area contributed by atoms with Crippen LogP contribution in [0.15, 0.2) is 30.3 Å². The van der Waals surface area contributed by atoms with Crippen LogP contribution in [0.25, 0.3) is 0 Å². The van der Waals surface area contributed by atoms with E-state index in [1.54, 1.807) is 18.2 Å². The minimum atomic E-state index is -1.28. The lowest BCUT2D eigenvalue weighted by molar-refractivity contribution is -0.138. The van der Waals surface area contributed by atoms with Crippen molar-refractivity contribution in [3.8, 4) is 0 Å². The third-order valence-corrected chi connectivity index (χ3v) is 3.20. The van der Waals surface area contributed by atoms with Gasteiger partial charge in [-0.25, -0.2) is 14.4 Å². The molecular formula is C13H13NO6S. The lowest BCUT2D eigenvalue weighted by Crippen LogP contribution is -2.43. The van der Waals surface area contributed by atoms with E-state index in [0.29, 0.717) is 6.29 Å². The molecule has 0 aliphatic heterocycles. The summed E-state index contributed by atoms with van der Waals surface area (Å²) in [6.45, 7) is 0. The smallest absolute Gasteiger partial charge is 0.415 e. The molecule has 21 heavy (non-hydrogen) atoms. The van der Waals surface area contributed by atoms with Gasteiger partial charge in [0, 0.05) is 11.5 Å². The standard InChI is InChI=1S/C13H13NO6S/c15-6-7-21-8-10(11(16)17)14-13(19)20-12(18)9-4-2-1-3-5-9/h1-6,10H,7-8H2,(H,14,19)(H,16,17)/t10-/m0/s1. The van der Waals surface area contributed by atoms with Gasteiger partial charge in [-0.3, -0.25) is 0 Å². The molecule has 8 heteroatoms. The Morgan fingerprint density at radius 3 is 2.52 bits per heavy atom. The van der Waals surface area contributed by atoms with Gasteiger partial charge in [0.15, 0.2) is 0 Å². The zero-order valence-corrected chi connectivity index (χ0v) is 11.7. The second-order valence-corrected chi connectivity index (χ2v) is 4.86. The molecule has 0 spiro atoms. The van der Waals surface area contributed by atoms with Crippen molar-refractivity contribution in [3.05, 3.63) is 35.9 Å². The number of esters is 1. The Bertz CT molecular complexity index is 519. The number of aliphatic carboxylic acids is 1. The molecule has 1 aromatic rings. The number of benzene rings is 1. The second kappa shape index (κ2) is 8.75. The Morgan fingerprint density at radius 2 is 1.95 bits per heavy atom. The fraction of sp³-hybridized carbons (Fsp3) is 0.231. The number of carbonyl (C=O) groups is 4. The molecule has 1 rings (SSSR count). The number of hydrogen-bond acceptors (Lipinski definition) is 6. The Morgan fingerprint density at radius 1 is 1.29 bits per heavy atom. The highest BCUT2D eigenvalue weighted by atomic mass is 32.2. The average Bonchev–Trinajstić information content (AvgIpc) is 2.47. The number of nitrogens with one attached hydrogen (secondary N) is 1. The van der Waals surface area contributed by atoms with Crippen LogP contribution >= 0.6 is 11.8 Å². The molecular weight excluding hydrogens is 298 g/mol. The number of hydrogen-bond donors (Lipinski definition) is 2. The second-order valence-electron chi connectivity index (χ2n) is 3.78. The molecule has 7 nitrogen and oxygen atoms in total. The number of ether oxygens (including phenoxy) is 1. The molecule has 0 fully saturated rings. The number of carbonyl (C=O) groups excluding carboxylic acids is 3. The van der Waals surface area contributed by atoms with E-state index in [9.17, 15) is 19.2 Å². The van der Waals surface area contributed by atoms with Crippen molar-refractivity contribution in [2.45, 2.75) is 6.04 Å². The van der Waals surface area contributed by atoms with Gasteiger partial charge in [0.25, 0.3) is 0 Å². The van der Waals surface area contributed by atoms with Gasteiger partial charge in [0.05, 0.1) is 5.56 Å². The normalized spacial score (nSPS) is 11.2. The van der Waals surface area contributed by atoms with E-state index in [1.165, 1.54) is 12.1 Å². The zero-order valence-electron chi connectivity index (χ0n) is 10.9. The summed E-state index contributed by atoms with van der Waals surface area (Å²) in [6, 6.07) is 6.58. The zero-order chi connectivity index (χ0) is 15.7. The highest BCUT2D eigenvalue weighted by Gasteiger charge is 2.22. The number of thioether (sulfide) groups is 1. The molecule has 0 bridgehead atoms. The Kier molecular flexibility index (Phi) is 6.96. The van der Waals surface area contributed by atoms with Crippen molar-refractivity contribution >= 4 is 36.1 Å². The SMILES string of the molecule is O=CCSC[C@H](NC(=O)OC(=O)c1ccccc1)C(=O)O. The summed E-state index contributed by atoms with van der Waals surface area (Å²) >= 11 is 1.04. The topological polar surface area (TPSA) is 110 Å². The molecule has 0 saturated heterocycles. The van der Waals surface area contributed by atoms with Crippen molar-refractivity contribution in [2.75, 3.05) is 11.5 Å². The van der Waals surface area contributed by atoms with E-state index >= 15 is 0 Å². The van der Waals surface area contributed by atoms with E-state index in [2.05, 4.69) is 10.1 Å². The highest BCUT2D eigenvalue weighted by molar-refractivity contribution is 7.99. The van der Waals surface area contributed by atoms with Crippen LogP contribution in [0.1, 0.15) is 10.4 Å². The fourth-order valence-corrected chi connectivity index (χ4v) is 1.99. The lowest BCUT2D eigenvalue weighted by atomic mass is 10.2. The van der Waals surface area contributed by atoms with Crippen molar-refractivity contribution in [1.29, 1.82) is 0 Å². The van der Waals surface area contributed by atoms with E-state index in [0.717, 1.165) is 11.8 Å². The number of amides is 1. The maximum absolute atomic E-state index is 11.6. The van der Waals surface area contributed by atoms with Gasteiger partial charge in [0.1, 0.15) is 12.3 Å². The first-order valence-electron chi connectivity index (χ1n) is 5.86. The summed E-state index contributed by atoms with van der Waals surface area (Å²) in [5.74, 6) is -2.05.